The molecule has 0 fully saturated rings. The maximum absolute atomic E-state index is 12.0. The number of carbonyl (C=O) groups excluding carboxylic acids is 1. The van der Waals surface area contributed by atoms with Gasteiger partial charge in [-0.25, -0.2) is 4.79 Å². The second-order valence-corrected chi connectivity index (χ2v) is 7.02. The third-order valence-corrected chi connectivity index (χ3v) is 3.83. The van der Waals surface area contributed by atoms with Gasteiger partial charge in [-0.2, -0.15) is 5.10 Å². The molecule has 0 atom stereocenters. The van der Waals surface area contributed by atoms with Gasteiger partial charge in [-0.1, -0.05) is 0 Å². The normalized spacial score (nSPS) is 11.8. The molecule has 0 aromatic carbocycles. The van der Waals surface area contributed by atoms with Crippen molar-refractivity contribution in [3.63, 3.8) is 0 Å². The summed E-state index contributed by atoms with van der Waals surface area (Å²) in [6.45, 7) is 10.5. The van der Waals surface area contributed by atoms with Gasteiger partial charge in [-0.15, -0.1) is 0 Å². The number of hydrogen-bond acceptors (Lipinski definition) is 4. The van der Waals surface area contributed by atoms with Crippen LogP contribution in [0.15, 0.2) is 6.20 Å². The van der Waals surface area contributed by atoms with Crippen LogP contribution >= 0.6 is 22.6 Å². The lowest BCUT2D eigenvalue weighted by Gasteiger charge is -2.28. The van der Waals surface area contributed by atoms with E-state index in [1.807, 2.05) is 40.9 Å². The largest absolute Gasteiger partial charge is 0.444 e. The summed E-state index contributed by atoms with van der Waals surface area (Å²) in [7, 11) is 2.03. The average Bonchev–Trinajstić information content (AvgIpc) is 2.73. The Morgan fingerprint density at radius 1 is 1.43 bits per heavy atom. The van der Waals surface area contributed by atoms with Gasteiger partial charge in [0.05, 0.1) is 0 Å². The van der Waals surface area contributed by atoms with E-state index in [0.29, 0.717) is 13.1 Å². The number of amides is 1. The van der Waals surface area contributed by atoms with Crippen molar-refractivity contribution in [3.05, 3.63) is 15.5 Å². The van der Waals surface area contributed by atoms with Gasteiger partial charge in [0.1, 0.15) is 9.30 Å². The van der Waals surface area contributed by atoms with Crippen molar-refractivity contribution in [2.24, 2.45) is 0 Å². The molecule has 0 saturated heterocycles. The van der Waals surface area contributed by atoms with Crippen LogP contribution < -0.4 is 0 Å². The number of nitrogens with zero attached hydrogens (tertiary/aromatic N) is 3. The molecule has 1 aromatic rings. The SMILES string of the molecule is CCN(CCN(C)Cc1c[nH]nc1I)C(=O)OC(C)(C)C. The van der Waals surface area contributed by atoms with E-state index >= 15 is 0 Å². The summed E-state index contributed by atoms with van der Waals surface area (Å²) in [6, 6.07) is 0. The second kappa shape index (κ2) is 7.98. The minimum atomic E-state index is -0.455. The number of carbonyl (C=O) groups is 1. The van der Waals surface area contributed by atoms with Crippen LogP contribution in [0.1, 0.15) is 33.3 Å². The standard InChI is InChI=1S/C14H25IN4O2/c1-6-19(13(20)21-14(2,3)4)8-7-18(5)10-11-9-16-17-12(11)15/h9H,6-8,10H2,1-5H3,(H,16,17). The summed E-state index contributed by atoms with van der Waals surface area (Å²) in [6.07, 6.45) is 1.65. The minimum Gasteiger partial charge on any atom is -0.444 e. The highest BCUT2D eigenvalue weighted by Gasteiger charge is 2.21. The third-order valence-electron chi connectivity index (χ3n) is 2.89. The molecule has 21 heavy (non-hydrogen) atoms. The van der Waals surface area contributed by atoms with E-state index < -0.39 is 5.60 Å². The minimum absolute atomic E-state index is 0.253. The van der Waals surface area contributed by atoms with Crippen molar-refractivity contribution in [1.29, 1.82) is 0 Å². The topological polar surface area (TPSA) is 61.5 Å². The lowest BCUT2D eigenvalue weighted by Crippen LogP contribution is -2.40. The summed E-state index contributed by atoms with van der Waals surface area (Å²) in [4.78, 5) is 15.9. The Bertz CT molecular complexity index is 456. The zero-order valence-corrected chi connectivity index (χ0v) is 15.6. The molecule has 0 aliphatic carbocycles. The zero-order chi connectivity index (χ0) is 16.0. The van der Waals surface area contributed by atoms with Gasteiger partial charge < -0.3 is 14.5 Å². The number of halogens is 1. The molecule has 120 valence electrons. The predicted molar refractivity (Wildman–Crippen MR) is 91.1 cm³/mol. The number of H-pyrrole nitrogens is 1. The van der Waals surface area contributed by atoms with Crippen molar-refractivity contribution >= 4 is 28.7 Å². The van der Waals surface area contributed by atoms with E-state index in [1.165, 1.54) is 5.56 Å². The zero-order valence-electron chi connectivity index (χ0n) is 13.4. The summed E-state index contributed by atoms with van der Waals surface area (Å²) in [5.74, 6) is 0. The predicted octanol–water partition coefficient (Wildman–Crippen LogP) is 2.70. The van der Waals surface area contributed by atoms with E-state index in [2.05, 4.69) is 37.7 Å². The van der Waals surface area contributed by atoms with Crippen LogP contribution in [-0.2, 0) is 11.3 Å². The summed E-state index contributed by atoms with van der Waals surface area (Å²) in [5.41, 5.74) is 0.710. The Labute approximate surface area is 140 Å². The van der Waals surface area contributed by atoms with Gasteiger partial charge in [-0.3, -0.25) is 5.10 Å². The van der Waals surface area contributed by atoms with E-state index in [9.17, 15) is 4.79 Å². The van der Waals surface area contributed by atoms with Crippen LogP contribution in [0, 0.1) is 3.70 Å². The Balaban J connectivity index is 2.44. The number of aromatic amines is 1. The first-order chi connectivity index (χ1) is 9.73. The van der Waals surface area contributed by atoms with Gasteiger partial charge in [-0.05, 0) is 57.3 Å². The molecule has 0 aliphatic heterocycles. The summed E-state index contributed by atoms with van der Waals surface area (Å²) < 4.78 is 6.39. The van der Waals surface area contributed by atoms with E-state index in [4.69, 9.17) is 4.74 Å². The smallest absolute Gasteiger partial charge is 0.410 e. The molecule has 0 spiro atoms. The second-order valence-electron chi connectivity index (χ2n) is 6.00. The van der Waals surface area contributed by atoms with Crippen LogP contribution in [-0.4, -0.2) is 58.4 Å². The van der Waals surface area contributed by atoms with Crippen molar-refractivity contribution < 1.29 is 9.53 Å². The molecule has 1 aromatic heterocycles. The van der Waals surface area contributed by atoms with Crippen LogP contribution in [0.5, 0.6) is 0 Å². The summed E-state index contributed by atoms with van der Waals surface area (Å²) in [5, 5.41) is 6.95. The van der Waals surface area contributed by atoms with Crippen molar-refractivity contribution in [1.82, 2.24) is 20.0 Å². The maximum Gasteiger partial charge on any atom is 0.410 e. The van der Waals surface area contributed by atoms with Crippen LogP contribution in [0.2, 0.25) is 0 Å². The van der Waals surface area contributed by atoms with Crippen molar-refractivity contribution in [3.8, 4) is 0 Å². The molecule has 0 unspecified atom stereocenters. The van der Waals surface area contributed by atoms with Crippen molar-refractivity contribution in [2.45, 2.75) is 39.8 Å². The first kappa shape index (κ1) is 18.2. The van der Waals surface area contributed by atoms with Gasteiger partial charge in [0.15, 0.2) is 0 Å². The lowest BCUT2D eigenvalue weighted by atomic mass is 10.2. The first-order valence-corrected chi connectivity index (χ1v) is 8.15. The number of hydrogen-bond donors (Lipinski definition) is 1. The Morgan fingerprint density at radius 2 is 2.10 bits per heavy atom. The molecule has 6 nitrogen and oxygen atoms in total. The van der Waals surface area contributed by atoms with E-state index in [0.717, 1.165) is 16.8 Å². The van der Waals surface area contributed by atoms with E-state index in [-0.39, 0.29) is 6.09 Å². The Morgan fingerprint density at radius 3 is 2.57 bits per heavy atom. The molecule has 0 aliphatic rings. The number of ether oxygens (including phenoxy) is 1. The molecule has 7 heteroatoms. The molecule has 0 saturated carbocycles. The van der Waals surface area contributed by atoms with Gasteiger partial charge in [0, 0.05) is 37.9 Å². The number of nitrogens with one attached hydrogen (secondary N) is 1. The highest BCUT2D eigenvalue weighted by Crippen LogP contribution is 2.11. The van der Waals surface area contributed by atoms with Crippen LogP contribution in [0.25, 0.3) is 0 Å². The molecule has 0 bridgehead atoms. The quantitative estimate of drug-likeness (QED) is 0.736. The lowest BCUT2D eigenvalue weighted by molar-refractivity contribution is 0.0246. The first-order valence-electron chi connectivity index (χ1n) is 7.07. The number of rotatable bonds is 6. The fourth-order valence-electron chi connectivity index (χ4n) is 1.78. The van der Waals surface area contributed by atoms with Crippen LogP contribution in [0.3, 0.4) is 0 Å². The Kier molecular flexibility index (Phi) is 6.92. The van der Waals surface area contributed by atoms with Gasteiger partial charge >= 0.3 is 6.09 Å². The third kappa shape index (κ3) is 6.64. The monoisotopic (exact) mass is 408 g/mol. The molecule has 1 heterocycles. The molecular formula is C14H25IN4O2. The molecule has 1 amide bonds. The Hall–Kier alpha value is -0.830. The van der Waals surface area contributed by atoms with Crippen molar-refractivity contribution in [2.75, 3.05) is 26.7 Å². The number of aromatic nitrogens is 2. The molecule has 1 rings (SSSR count). The number of likely N-dealkylation sites (N-methyl/N-ethyl adjacent to an activating group) is 2. The van der Waals surface area contributed by atoms with Crippen LogP contribution in [0.4, 0.5) is 4.79 Å². The summed E-state index contributed by atoms with van der Waals surface area (Å²) >= 11 is 2.21. The highest BCUT2D eigenvalue weighted by molar-refractivity contribution is 14.1. The molecular weight excluding hydrogens is 383 g/mol. The molecule has 0 radical (unpaired) electrons. The highest BCUT2D eigenvalue weighted by atomic mass is 127. The molecule has 1 N–H and O–H groups in total. The fraction of sp³-hybridized carbons (Fsp3) is 0.714. The fourth-order valence-corrected chi connectivity index (χ4v) is 2.24. The van der Waals surface area contributed by atoms with Gasteiger partial charge in [0.25, 0.3) is 0 Å². The average molecular weight is 408 g/mol. The maximum atomic E-state index is 12.0. The van der Waals surface area contributed by atoms with Gasteiger partial charge in [0.2, 0.25) is 0 Å². The van der Waals surface area contributed by atoms with E-state index in [1.54, 1.807) is 4.90 Å².